The molecule has 0 spiro atoms. The first-order valence-corrected chi connectivity index (χ1v) is 5.97. The van der Waals surface area contributed by atoms with Gasteiger partial charge in [-0.3, -0.25) is 0 Å². The molecule has 0 unspecified atom stereocenters. The number of halogens is 3. The van der Waals surface area contributed by atoms with E-state index in [-0.39, 0.29) is 12.3 Å². The van der Waals surface area contributed by atoms with Gasteiger partial charge in [0.1, 0.15) is 5.75 Å². The van der Waals surface area contributed by atoms with Crippen LogP contribution >= 0.6 is 23.2 Å². The van der Waals surface area contributed by atoms with Crippen LogP contribution in [-0.4, -0.2) is 0 Å². The van der Waals surface area contributed by atoms with Crippen molar-refractivity contribution in [3.8, 4) is 11.5 Å². The molecule has 0 fully saturated rings. The molecule has 0 amide bonds. The number of hydrogen-bond donors (Lipinski definition) is 1. The van der Waals surface area contributed by atoms with E-state index in [0.717, 1.165) is 5.56 Å². The molecule has 0 radical (unpaired) electrons. The first kappa shape index (κ1) is 13.1. The largest absolute Gasteiger partial charge is 0.454 e. The third kappa shape index (κ3) is 2.93. The Morgan fingerprint density at radius 2 is 1.67 bits per heavy atom. The number of hydrogen-bond acceptors (Lipinski definition) is 2. The lowest BCUT2D eigenvalue weighted by molar-refractivity contribution is 0.438. The molecule has 5 heteroatoms. The lowest BCUT2D eigenvalue weighted by Crippen LogP contribution is -2.00. The topological polar surface area (TPSA) is 35.2 Å². The molecule has 2 nitrogen and oxygen atoms in total. The van der Waals surface area contributed by atoms with Crippen molar-refractivity contribution in [1.29, 1.82) is 0 Å². The zero-order valence-corrected chi connectivity index (χ0v) is 10.8. The van der Waals surface area contributed by atoms with Crippen molar-refractivity contribution < 1.29 is 9.13 Å². The average Bonchev–Trinajstić information content (AvgIpc) is 2.33. The first-order chi connectivity index (χ1) is 8.60. The van der Waals surface area contributed by atoms with Crippen molar-refractivity contribution in [1.82, 2.24) is 0 Å². The molecular weight excluding hydrogens is 276 g/mol. The van der Waals surface area contributed by atoms with Gasteiger partial charge in [0.15, 0.2) is 11.6 Å². The summed E-state index contributed by atoms with van der Waals surface area (Å²) in [5.74, 6) is -0.0203. The zero-order valence-electron chi connectivity index (χ0n) is 9.29. The van der Waals surface area contributed by atoms with E-state index in [9.17, 15) is 4.39 Å². The smallest absolute Gasteiger partial charge is 0.167 e. The second-order valence-corrected chi connectivity index (χ2v) is 4.51. The second-order valence-electron chi connectivity index (χ2n) is 3.63. The highest BCUT2D eigenvalue weighted by atomic mass is 35.5. The summed E-state index contributed by atoms with van der Waals surface area (Å²) in [6.07, 6.45) is 0. The molecular formula is C13H10Cl2FNO. The molecule has 0 atom stereocenters. The van der Waals surface area contributed by atoms with Crippen molar-refractivity contribution in [3.63, 3.8) is 0 Å². The molecule has 0 aliphatic heterocycles. The number of ether oxygens (including phenoxy) is 1. The summed E-state index contributed by atoms with van der Waals surface area (Å²) >= 11 is 11.5. The lowest BCUT2D eigenvalue weighted by atomic mass is 10.2. The molecule has 2 rings (SSSR count). The minimum Gasteiger partial charge on any atom is -0.454 e. The quantitative estimate of drug-likeness (QED) is 0.908. The van der Waals surface area contributed by atoms with Gasteiger partial charge in [0.05, 0.1) is 0 Å². The Hall–Kier alpha value is -1.29. The maximum absolute atomic E-state index is 13.6. The van der Waals surface area contributed by atoms with Crippen LogP contribution in [0.2, 0.25) is 10.0 Å². The SMILES string of the molecule is NCc1ccc(Cl)cc1Oc1ccc(Cl)cc1F. The summed E-state index contributed by atoms with van der Waals surface area (Å²) in [4.78, 5) is 0. The molecule has 0 saturated heterocycles. The van der Waals surface area contributed by atoms with E-state index in [2.05, 4.69) is 0 Å². The van der Waals surface area contributed by atoms with Gasteiger partial charge in [-0.2, -0.15) is 0 Å². The maximum Gasteiger partial charge on any atom is 0.167 e. The molecule has 94 valence electrons. The van der Waals surface area contributed by atoms with E-state index >= 15 is 0 Å². The van der Waals surface area contributed by atoms with Crippen LogP contribution in [0.15, 0.2) is 36.4 Å². The van der Waals surface area contributed by atoms with Gasteiger partial charge in [0, 0.05) is 22.2 Å². The molecule has 0 aromatic heterocycles. The summed E-state index contributed by atoms with van der Waals surface area (Å²) in [6.45, 7) is 0.279. The van der Waals surface area contributed by atoms with Gasteiger partial charge in [-0.25, -0.2) is 4.39 Å². The maximum atomic E-state index is 13.6. The second kappa shape index (κ2) is 5.57. The molecule has 0 aliphatic rings. The molecule has 0 bridgehead atoms. The standard InChI is InChI=1S/C13H10Cl2FNO/c14-9-3-4-12(11(16)5-9)18-13-6-10(15)2-1-8(13)7-17/h1-6H,7,17H2. The predicted molar refractivity (Wildman–Crippen MR) is 70.8 cm³/mol. The van der Waals surface area contributed by atoms with E-state index in [1.807, 2.05) is 0 Å². The lowest BCUT2D eigenvalue weighted by Gasteiger charge is -2.11. The highest BCUT2D eigenvalue weighted by Crippen LogP contribution is 2.30. The Labute approximate surface area is 114 Å². The highest BCUT2D eigenvalue weighted by molar-refractivity contribution is 6.31. The molecule has 0 saturated carbocycles. The minimum absolute atomic E-state index is 0.0800. The fourth-order valence-electron chi connectivity index (χ4n) is 1.47. The molecule has 0 heterocycles. The molecule has 2 aromatic carbocycles. The molecule has 2 N–H and O–H groups in total. The van der Waals surface area contributed by atoms with Crippen LogP contribution in [0.3, 0.4) is 0 Å². The van der Waals surface area contributed by atoms with E-state index in [4.69, 9.17) is 33.7 Å². The van der Waals surface area contributed by atoms with Gasteiger partial charge in [-0.1, -0.05) is 29.3 Å². The van der Waals surface area contributed by atoms with Gasteiger partial charge >= 0.3 is 0 Å². The Bertz CT molecular complexity index is 575. The van der Waals surface area contributed by atoms with Crippen molar-refractivity contribution >= 4 is 23.2 Å². The summed E-state index contributed by atoms with van der Waals surface area (Å²) in [5.41, 5.74) is 6.32. The Morgan fingerprint density at radius 1 is 1.00 bits per heavy atom. The summed E-state index contributed by atoms with van der Waals surface area (Å²) < 4.78 is 19.1. The van der Waals surface area contributed by atoms with Crippen LogP contribution < -0.4 is 10.5 Å². The van der Waals surface area contributed by atoms with Crippen LogP contribution in [0.5, 0.6) is 11.5 Å². The van der Waals surface area contributed by atoms with Gasteiger partial charge in [-0.05, 0) is 30.3 Å². The highest BCUT2D eigenvalue weighted by Gasteiger charge is 2.09. The van der Waals surface area contributed by atoms with Gasteiger partial charge in [0.25, 0.3) is 0 Å². The van der Waals surface area contributed by atoms with Crippen molar-refractivity contribution in [2.24, 2.45) is 5.73 Å². The van der Waals surface area contributed by atoms with E-state index in [0.29, 0.717) is 15.8 Å². The third-order valence-corrected chi connectivity index (χ3v) is 2.83. The van der Waals surface area contributed by atoms with Crippen LogP contribution in [0.1, 0.15) is 5.56 Å². The molecule has 18 heavy (non-hydrogen) atoms. The van der Waals surface area contributed by atoms with Crippen molar-refractivity contribution in [3.05, 3.63) is 57.8 Å². The van der Waals surface area contributed by atoms with E-state index in [1.165, 1.54) is 12.1 Å². The fourth-order valence-corrected chi connectivity index (χ4v) is 1.79. The van der Waals surface area contributed by atoms with Crippen LogP contribution in [0, 0.1) is 5.82 Å². The van der Waals surface area contributed by atoms with E-state index < -0.39 is 5.82 Å². The third-order valence-electron chi connectivity index (χ3n) is 2.36. The molecule has 2 aromatic rings. The Balaban J connectivity index is 2.36. The number of nitrogens with two attached hydrogens (primary N) is 1. The summed E-state index contributed by atoms with van der Waals surface area (Å²) in [6, 6.07) is 9.23. The van der Waals surface area contributed by atoms with E-state index in [1.54, 1.807) is 24.3 Å². The van der Waals surface area contributed by atoms with Crippen molar-refractivity contribution in [2.75, 3.05) is 0 Å². The van der Waals surface area contributed by atoms with Crippen LogP contribution in [0.4, 0.5) is 4.39 Å². The minimum atomic E-state index is -0.537. The fraction of sp³-hybridized carbons (Fsp3) is 0.0769. The monoisotopic (exact) mass is 285 g/mol. The van der Waals surface area contributed by atoms with Gasteiger partial charge < -0.3 is 10.5 Å². The number of benzene rings is 2. The van der Waals surface area contributed by atoms with Gasteiger partial charge in [0.2, 0.25) is 0 Å². The summed E-state index contributed by atoms with van der Waals surface area (Å²) in [5, 5.41) is 0.807. The number of rotatable bonds is 3. The Morgan fingerprint density at radius 3 is 2.33 bits per heavy atom. The summed E-state index contributed by atoms with van der Waals surface area (Å²) in [7, 11) is 0. The normalized spacial score (nSPS) is 10.4. The van der Waals surface area contributed by atoms with Crippen molar-refractivity contribution in [2.45, 2.75) is 6.54 Å². The molecule has 0 aliphatic carbocycles. The van der Waals surface area contributed by atoms with Crippen LogP contribution in [0.25, 0.3) is 0 Å². The van der Waals surface area contributed by atoms with Gasteiger partial charge in [-0.15, -0.1) is 0 Å². The first-order valence-electron chi connectivity index (χ1n) is 5.21. The Kier molecular flexibility index (Phi) is 4.07. The zero-order chi connectivity index (χ0) is 13.1. The average molecular weight is 286 g/mol. The predicted octanol–water partition coefficient (Wildman–Crippen LogP) is 4.38. The van der Waals surface area contributed by atoms with Crippen LogP contribution in [-0.2, 0) is 6.54 Å².